The molecule has 1 aromatic heterocycles. The highest BCUT2D eigenvalue weighted by atomic mass is 16.5. The van der Waals surface area contributed by atoms with Crippen LogP contribution in [0.1, 0.15) is 16.2 Å². The first-order valence-corrected chi connectivity index (χ1v) is 7.82. The van der Waals surface area contributed by atoms with Gasteiger partial charge in [0.15, 0.2) is 12.9 Å². The monoisotopic (exact) mass is 330 g/mol. The lowest BCUT2D eigenvalue weighted by atomic mass is 10.0. The molecule has 0 aliphatic carbocycles. The van der Waals surface area contributed by atoms with Crippen molar-refractivity contribution in [1.29, 1.82) is 0 Å². The third-order valence-electron chi connectivity index (χ3n) is 3.89. The number of aromatic nitrogens is 2. The molecule has 0 atom stereocenters. The molecule has 4 rings (SSSR count). The number of hydrogen-bond acceptors (Lipinski definition) is 5. The Morgan fingerprint density at radius 2 is 1.72 bits per heavy atom. The number of ether oxygens (including phenoxy) is 1. The summed E-state index contributed by atoms with van der Waals surface area (Å²) in [5.74, 6) is 1.28. The Morgan fingerprint density at radius 3 is 2.56 bits per heavy atom. The van der Waals surface area contributed by atoms with E-state index in [-0.39, 0.29) is 6.61 Å². The van der Waals surface area contributed by atoms with Crippen LogP contribution in [0.4, 0.5) is 0 Å². The first-order chi connectivity index (χ1) is 12.3. The van der Waals surface area contributed by atoms with Crippen LogP contribution in [0, 0.1) is 0 Å². The van der Waals surface area contributed by atoms with Crippen molar-refractivity contribution in [2.45, 2.75) is 6.61 Å². The van der Waals surface area contributed by atoms with Gasteiger partial charge >= 0.3 is 0 Å². The minimum atomic E-state index is 0.0962. The number of nitrogens with zero attached hydrogens (tertiary/aromatic N) is 2. The lowest BCUT2D eigenvalue weighted by molar-refractivity contribution is 0.112. The van der Waals surface area contributed by atoms with E-state index in [9.17, 15) is 4.79 Å². The molecule has 0 spiro atoms. The van der Waals surface area contributed by atoms with Gasteiger partial charge in [0, 0.05) is 5.56 Å². The average molecular weight is 330 g/mol. The van der Waals surface area contributed by atoms with Gasteiger partial charge in [0.25, 0.3) is 5.89 Å². The molecule has 25 heavy (non-hydrogen) atoms. The van der Waals surface area contributed by atoms with Crippen molar-refractivity contribution in [3.63, 3.8) is 0 Å². The zero-order valence-electron chi connectivity index (χ0n) is 13.3. The standard InChI is InChI=1S/C20H14N2O3/c23-12-17-16-9-5-4-6-14(16)10-11-18(17)24-13-19-21-22-20(25-19)15-7-2-1-3-8-15/h1-12H,13H2. The van der Waals surface area contributed by atoms with Crippen molar-refractivity contribution in [1.82, 2.24) is 10.2 Å². The van der Waals surface area contributed by atoms with Crippen molar-refractivity contribution in [3.05, 3.63) is 78.2 Å². The van der Waals surface area contributed by atoms with Gasteiger partial charge in [-0.25, -0.2) is 0 Å². The Kier molecular flexibility index (Phi) is 3.96. The Balaban J connectivity index is 1.57. The molecule has 5 heteroatoms. The molecule has 0 saturated heterocycles. The first-order valence-electron chi connectivity index (χ1n) is 7.82. The van der Waals surface area contributed by atoms with E-state index in [1.165, 1.54) is 0 Å². The minimum Gasteiger partial charge on any atom is -0.483 e. The van der Waals surface area contributed by atoms with Crippen LogP contribution in [0.15, 0.2) is 71.1 Å². The van der Waals surface area contributed by atoms with Gasteiger partial charge in [0.1, 0.15) is 5.75 Å². The number of aldehydes is 1. The fraction of sp³-hybridized carbons (Fsp3) is 0.0500. The Labute approximate surface area is 143 Å². The topological polar surface area (TPSA) is 65.2 Å². The molecule has 0 aliphatic heterocycles. The zero-order valence-corrected chi connectivity index (χ0v) is 13.3. The fourth-order valence-electron chi connectivity index (χ4n) is 2.67. The summed E-state index contributed by atoms with van der Waals surface area (Å²) in [5.41, 5.74) is 1.36. The molecule has 0 saturated carbocycles. The SMILES string of the molecule is O=Cc1c(OCc2nnc(-c3ccccc3)o2)ccc2ccccc12. The number of rotatable bonds is 5. The van der Waals surface area contributed by atoms with E-state index in [0.717, 1.165) is 22.6 Å². The largest absolute Gasteiger partial charge is 0.483 e. The quantitative estimate of drug-likeness (QED) is 0.511. The third-order valence-corrected chi connectivity index (χ3v) is 3.89. The van der Waals surface area contributed by atoms with Crippen LogP contribution in [0.25, 0.3) is 22.2 Å². The maximum absolute atomic E-state index is 11.5. The summed E-state index contributed by atoms with van der Waals surface area (Å²) in [6.07, 6.45) is 0.806. The van der Waals surface area contributed by atoms with Gasteiger partial charge in [0.05, 0.1) is 5.56 Å². The van der Waals surface area contributed by atoms with E-state index in [1.807, 2.05) is 60.7 Å². The summed E-state index contributed by atoms with van der Waals surface area (Å²) in [6, 6.07) is 20.9. The molecule has 0 aliphatic rings. The second kappa shape index (κ2) is 6.57. The van der Waals surface area contributed by atoms with Gasteiger partial charge in [-0.2, -0.15) is 0 Å². The second-order valence-corrected chi connectivity index (χ2v) is 5.47. The first kappa shape index (κ1) is 15.1. The highest BCUT2D eigenvalue weighted by Crippen LogP contribution is 2.27. The summed E-state index contributed by atoms with van der Waals surface area (Å²) in [6.45, 7) is 0.0962. The van der Waals surface area contributed by atoms with Gasteiger partial charge in [-0.05, 0) is 29.0 Å². The Morgan fingerprint density at radius 1 is 0.920 bits per heavy atom. The van der Waals surface area contributed by atoms with Crippen LogP contribution in [-0.2, 0) is 6.61 Å². The highest BCUT2D eigenvalue weighted by Gasteiger charge is 2.12. The number of carbonyl (C=O) groups excluding carboxylic acids is 1. The van der Waals surface area contributed by atoms with Gasteiger partial charge in [0.2, 0.25) is 5.89 Å². The predicted molar refractivity (Wildman–Crippen MR) is 93.4 cm³/mol. The molecular formula is C20H14N2O3. The van der Waals surface area contributed by atoms with Crippen molar-refractivity contribution >= 4 is 17.1 Å². The molecule has 0 amide bonds. The fourth-order valence-corrected chi connectivity index (χ4v) is 2.67. The summed E-state index contributed by atoms with van der Waals surface area (Å²) >= 11 is 0. The minimum absolute atomic E-state index is 0.0962. The number of carbonyl (C=O) groups is 1. The predicted octanol–water partition coefficient (Wildman–Crippen LogP) is 4.28. The van der Waals surface area contributed by atoms with Crippen molar-refractivity contribution in [3.8, 4) is 17.2 Å². The molecule has 0 N–H and O–H groups in total. The van der Waals surface area contributed by atoms with Crippen LogP contribution in [0.5, 0.6) is 5.75 Å². The molecule has 0 radical (unpaired) electrons. The summed E-state index contributed by atoms with van der Waals surface area (Å²) in [7, 11) is 0. The molecule has 5 nitrogen and oxygen atoms in total. The molecule has 3 aromatic carbocycles. The molecule has 1 heterocycles. The van der Waals surface area contributed by atoms with Crippen LogP contribution >= 0.6 is 0 Å². The van der Waals surface area contributed by atoms with Gasteiger partial charge in [-0.15, -0.1) is 10.2 Å². The van der Waals surface area contributed by atoms with Gasteiger partial charge in [-0.3, -0.25) is 4.79 Å². The molecule has 4 aromatic rings. The number of hydrogen-bond donors (Lipinski definition) is 0. The lowest BCUT2D eigenvalue weighted by Crippen LogP contribution is -1.99. The molecule has 0 unspecified atom stereocenters. The van der Waals surface area contributed by atoms with Crippen LogP contribution in [0.2, 0.25) is 0 Å². The zero-order chi connectivity index (χ0) is 17.1. The maximum Gasteiger partial charge on any atom is 0.254 e. The van der Waals surface area contributed by atoms with E-state index in [4.69, 9.17) is 9.15 Å². The highest BCUT2D eigenvalue weighted by molar-refractivity contribution is 6.00. The smallest absolute Gasteiger partial charge is 0.254 e. The lowest BCUT2D eigenvalue weighted by Gasteiger charge is -2.09. The summed E-state index contributed by atoms with van der Waals surface area (Å²) < 4.78 is 11.4. The second-order valence-electron chi connectivity index (χ2n) is 5.47. The molecule has 0 bridgehead atoms. The average Bonchev–Trinajstić information content (AvgIpc) is 3.15. The molecular weight excluding hydrogens is 316 g/mol. The van der Waals surface area contributed by atoms with Crippen LogP contribution < -0.4 is 4.74 Å². The summed E-state index contributed by atoms with van der Waals surface area (Å²) in [4.78, 5) is 11.5. The summed E-state index contributed by atoms with van der Waals surface area (Å²) in [5, 5.41) is 9.86. The van der Waals surface area contributed by atoms with Crippen LogP contribution in [-0.4, -0.2) is 16.5 Å². The van der Waals surface area contributed by atoms with E-state index in [2.05, 4.69) is 10.2 Å². The Bertz CT molecular complexity index is 1030. The van der Waals surface area contributed by atoms with Gasteiger partial charge < -0.3 is 9.15 Å². The van der Waals surface area contributed by atoms with E-state index >= 15 is 0 Å². The van der Waals surface area contributed by atoms with Crippen LogP contribution in [0.3, 0.4) is 0 Å². The molecule has 122 valence electrons. The molecule has 0 fully saturated rings. The van der Waals surface area contributed by atoms with E-state index in [0.29, 0.717) is 23.1 Å². The normalized spacial score (nSPS) is 10.7. The number of benzene rings is 3. The van der Waals surface area contributed by atoms with E-state index in [1.54, 1.807) is 6.07 Å². The van der Waals surface area contributed by atoms with Crippen molar-refractivity contribution in [2.75, 3.05) is 0 Å². The van der Waals surface area contributed by atoms with Crippen molar-refractivity contribution < 1.29 is 13.9 Å². The maximum atomic E-state index is 11.5. The third kappa shape index (κ3) is 2.99. The Hall–Kier alpha value is -3.47. The van der Waals surface area contributed by atoms with Gasteiger partial charge in [-0.1, -0.05) is 48.5 Å². The number of fused-ring (bicyclic) bond motifs is 1. The van der Waals surface area contributed by atoms with E-state index < -0.39 is 0 Å². The van der Waals surface area contributed by atoms with Crippen molar-refractivity contribution in [2.24, 2.45) is 0 Å².